The third-order valence-electron chi connectivity index (χ3n) is 20.2. The molecule has 0 aliphatic carbocycles. The minimum Gasteiger partial charge on any atom is -0.309 e. The van der Waals surface area contributed by atoms with Crippen molar-refractivity contribution in [2.45, 2.75) is 0 Å². The molecule has 0 fully saturated rings. The summed E-state index contributed by atoms with van der Waals surface area (Å²) >= 11 is 1.87. The average Bonchev–Trinajstić information content (AvgIpc) is 1.59. The highest BCUT2D eigenvalue weighted by Crippen LogP contribution is 2.45. The second-order valence-electron chi connectivity index (χ2n) is 25.5. The van der Waals surface area contributed by atoms with Crippen LogP contribution in [0.3, 0.4) is 0 Å². The second-order valence-corrected chi connectivity index (χ2v) is 26.6. The van der Waals surface area contributed by atoms with E-state index in [1.54, 1.807) is 0 Å². The van der Waals surface area contributed by atoms with E-state index < -0.39 is 0 Å². The van der Waals surface area contributed by atoms with Crippen LogP contribution in [-0.4, -0.2) is 18.3 Å². The van der Waals surface area contributed by atoms with Crippen molar-refractivity contribution in [2.24, 2.45) is 0 Å². The van der Waals surface area contributed by atoms with Gasteiger partial charge in [0.25, 0.3) is 0 Å². The van der Waals surface area contributed by atoms with Crippen LogP contribution in [0.4, 0.5) is 0 Å². The Kier molecular flexibility index (Phi) is 12.2. The monoisotopic (exact) mass is 1250 g/mol. The molecule has 0 aliphatic rings. The first-order chi connectivity index (χ1) is 48.0. The highest BCUT2D eigenvalue weighted by molar-refractivity contribution is 7.26. The highest BCUT2D eigenvalue weighted by atomic mass is 32.1. The average molecular weight is 1250 g/mol. The maximum atomic E-state index is 9.90. The first kappa shape index (κ1) is 54.7. The number of fused-ring (bicyclic) bond motifs is 15. The summed E-state index contributed by atoms with van der Waals surface area (Å²) in [5.41, 5.74) is 25.9. The molecule has 15 aromatic carbocycles. The molecule has 0 saturated carbocycles. The quantitative estimate of drug-likeness (QED) is 0.142. The number of hydrogen-bond acceptors (Lipinski definition) is 2. The maximum absolute atomic E-state index is 9.90. The summed E-state index contributed by atoms with van der Waals surface area (Å²) in [7, 11) is 0. The predicted molar refractivity (Wildman–Crippen MR) is 409 cm³/mol. The lowest BCUT2D eigenvalue weighted by atomic mass is 9.98. The van der Waals surface area contributed by atoms with Crippen LogP contribution in [0, 0.1) is 11.3 Å². The fraction of sp³-hybridized carbons (Fsp3) is 0. The van der Waals surface area contributed by atoms with Crippen LogP contribution in [0.2, 0.25) is 0 Å². The van der Waals surface area contributed by atoms with Gasteiger partial charge in [-0.3, -0.25) is 0 Å². The zero-order valence-corrected chi connectivity index (χ0v) is 53.2. The molecule has 0 radical (unpaired) electrons. The number of aromatic nitrogens is 4. The van der Waals surface area contributed by atoms with Gasteiger partial charge in [0, 0.05) is 75.6 Å². The van der Waals surface area contributed by atoms with Gasteiger partial charge >= 0.3 is 0 Å². The number of para-hydroxylation sites is 2. The van der Waals surface area contributed by atoms with Crippen LogP contribution in [0.5, 0.6) is 0 Å². The zero-order valence-electron chi connectivity index (χ0n) is 52.4. The molecule has 6 heteroatoms. The Morgan fingerprint density at radius 3 is 1.03 bits per heavy atom. The number of hydrogen-bond donors (Lipinski definition) is 0. The summed E-state index contributed by atoms with van der Waals surface area (Å²) in [6, 6.07) is 125. The van der Waals surface area contributed by atoms with E-state index in [0.29, 0.717) is 5.56 Å². The van der Waals surface area contributed by atoms with Crippen molar-refractivity contribution in [2.75, 3.05) is 0 Å². The minimum atomic E-state index is 0.630. The third kappa shape index (κ3) is 8.63. The predicted octanol–water partition coefficient (Wildman–Crippen LogP) is 24.6. The smallest absolute Gasteiger partial charge is 0.0991 e. The van der Waals surface area contributed by atoms with Crippen LogP contribution in [-0.2, 0) is 0 Å². The fourth-order valence-corrected chi connectivity index (χ4v) is 16.8. The third-order valence-corrected chi connectivity index (χ3v) is 21.4. The molecule has 0 unspecified atom stereocenters. The molecule has 0 amide bonds. The van der Waals surface area contributed by atoms with Gasteiger partial charge in [0.15, 0.2) is 0 Å². The normalized spacial score (nSPS) is 11.9. The summed E-state index contributed by atoms with van der Waals surface area (Å²) < 4.78 is 12.3. The van der Waals surface area contributed by atoms with E-state index in [4.69, 9.17) is 0 Å². The summed E-state index contributed by atoms with van der Waals surface area (Å²) in [6.45, 7) is 0. The molecule has 0 atom stereocenters. The summed E-state index contributed by atoms with van der Waals surface area (Å²) in [5, 5.41) is 22.0. The van der Waals surface area contributed by atoms with Crippen molar-refractivity contribution in [3.8, 4) is 84.5 Å². The highest BCUT2D eigenvalue weighted by Gasteiger charge is 2.22. The van der Waals surface area contributed by atoms with Crippen molar-refractivity contribution >= 4 is 119 Å². The molecule has 0 bridgehead atoms. The van der Waals surface area contributed by atoms with Gasteiger partial charge < -0.3 is 18.3 Å². The van der Waals surface area contributed by atoms with Gasteiger partial charge in [-0.15, -0.1) is 11.3 Å². The van der Waals surface area contributed by atoms with E-state index in [1.807, 2.05) is 23.5 Å². The molecule has 0 saturated heterocycles. The second kappa shape index (κ2) is 21.6. The van der Waals surface area contributed by atoms with Gasteiger partial charge in [0.2, 0.25) is 0 Å². The van der Waals surface area contributed by atoms with Crippen LogP contribution in [0.15, 0.2) is 334 Å². The van der Waals surface area contributed by atoms with Crippen LogP contribution in [0.1, 0.15) is 5.56 Å². The molecular formula is C91H55N5S. The van der Waals surface area contributed by atoms with Crippen molar-refractivity contribution in [3.05, 3.63) is 339 Å². The summed E-state index contributed by atoms with van der Waals surface area (Å²) in [6.07, 6.45) is 0. The molecule has 5 aromatic heterocycles. The molecule has 450 valence electrons. The number of nitrogens with zero attached hydrogens (tertiary/aromatic N) is 5. The van der Waals surface area contributed by atoms with Gasteiger partial charge in [-0.25, -0.2) is 0 Å². The number of thiophene rings is 1. The largest absolute Gasteiger partial charge is 0.309 e. The molecule has 97 heavy (non-hydrogen) atoms. The molecule has 20 aromatic rings. The Morgan fingerprint density at radius 2 is 0.546 bits per heavy atom. The molecular weight excluding hydrogens is 1200 g/mol. The van der Waals surface area contributed by atoms with Crippen LogP contribution >= 0.6 is 11.3 Å². The topological polar surface area (TPSA) is 43.5 Å². The van der Waals surface area contributed by atoms with E-state index in [2.05, 4.69) is 346 Å². The van der Waals surface area contributed by atoms with E-state index in [1.165, 1.54) is 108 Å². The van der Waals surface area contributed by atoms with Crippen molar-refractivity contribution in [1.29, 1.82) is 5.26 Å². The van der Waals surface area contributed by atoms with Gasteiger partial charge in [-0.2, -0.15) is 5.26 Å². The van der Waals surface area contributed by atoms with E-state index in [0.717, 1.165) is 77.7 Å². The first-order valence-corrected chi connectivity index (χ1v) is 33.8. The SMILES string of the molecule is N#Cc1ccc(-n2c3ccc(-c4ccc5c(c4)c4ccccc4n5-c4cccc5c4sc4ccccc45)cc3c3cc(-c4ccc5c6cc(-c7ccc8c(c7)c7ccccc7n8-c7ccc(-c8ccccc8)cc7)ccc6n(-c6ccc(-c7ccccc7)cc6)c5c4)ccc32)cc1. The summed E-state index contributed by atoms with van der Waals surface area (Å²) in [4.78, 5) is 0. The molecule has 5 heterocycles. The van der Waals surface area contributed by atoms with E-state index in [-0.39, 0.29) is 0 Å². The molecule has 0 N–H and O–H groups in total. The molecule has 0 spiro atoms. The lowest BCUT2D eigenvalue weighted by molar-refractivity contribution is 1.18. The Balaban J connectivity index is 0.730. The number of nitriles is 1. The van der Waals surface area contributed by atoms with Gasteiger partial charge in [0.1, 0.15) is 0 Å². The van der Waals surface area contributed by atoms with Crippen molar-refractivity contribution < 1.29 is 0 Å². The Hall–Kier alpha value is -12.8. The van der Waals surface area contributed by atoms with Crippen LogP contribution in [0.25, 0.3) is 186 Å². The number of benzene rings is 15. The van der Waals surface area contributed by atoms with Gasteiger partial charge in [-0.1, -0.05) is 194 Å². The lowest BCUT2D eigenvalue weighted by Gasteiger charge is -2.11. The van der Waals surface area contributed by atoms with Gasteiger partial charge in [-0.05, 0) is 195 Å². The maximum Gasteiger partial charge on any atom is 0.0991 e. The van der Waals surface area contributed by atoms with E-state index >= 15 is 0 Å². The number of rotatable bonds is 9. The molecule has 0 aliphatic heterocycles. The molecule has 5 nitrogen and oxygen atoms in total. The fourth-order valence-electron chi connectivity index (χ4n) is 15.6. The Labute approximate surface area is 562 Å². The van der Waals surface area contributed by atoms with Crippen molar-refractivity contribution in [1.82, 2.24) is 18.3 Å². The lowest BCUT2D eigenvalue weighted by Crippen LogP contribution is -1.95. The minimum absolute atomic E-state index is 0.630. The molecule has 20 rings (SSSR count). The van der Waals surface area contributed by atoms with Crippen LogP contribution < -0.4 is 0 Å². The Morgan fingerprint density at radius 1 is 0.216 bits per heavy atom. The van der Waals surface area contributed by atoms with Crippen molar-refractivity contribution in [3.63, 3.8) is 0 Å². The van der Waals surface area contributed by atoms with E-state index in [9.17, 15) is 5.26 Å². The van der Waals surface area contributed by atoms with Gasteiger partial charge in [0.05, 0.1) is 66.2 Å². The Bertz CT molecular complexity index is 6650. The first-order valence-electron chi connectivity index (χ1n) is 33.0. The summed E-state index contributed by atoms with van der Waals surface area (Å²) in [5.74, 6) is 0. The zero-order chi connectivity index (χ0) is 63.8. The standard InChI is InChI=1S/C91H55N5S/c92-56-57-26-38-68(39-27-57)94-85-47-35-65(64-37-49-87-77(51-64)72-19-8-11-23-82(72)96(87)88-24-13-21-75-74-20-9-12-25-90(74)97-91(75)88)53-79(85)80-54-66(36-48-86(80)94)67-32-44-73-78-52-63(34-46-84(78)95(89(73)55-67)70-42-30-61(31-43-70)59-16-5-2-6-17-59)62-33-45-83-76(50-62)71-18-7-10-22-81(71)93(83)69-40-28-60(29-41-69)58-14-3-1-4-15-58/h1-55H.